The van der Waals surface area contributed by atoms with Crippen molar-refractivity contribution in [3.63, 3.8) is 0 Å². The molecule has 0 bridgehead atoms. The SMILES string of the molecule is CO[C@H]1CN(c2nc(-c3cccc(C)c3OCc3ccc4c(c3)[C@H](C)CN(C3CCOCC3)CC4)cs2)CC[C@H]1C(=O)O. The van der Waals surface area contributed by atoms with Gasteiger partial charge in [-0.05, 0) is 66.8 Å². The first kappa shape index (κ1) is 30.1. The average Bonchev–Trinajstić information content (AvgIpc) is 3.46. The highest BCUT2D eigenvalue weighted by Crippen LogP contribution is 2.37. The average molecular weight is 606 g/mol. The Hall–Kier alpha value is -2.98. The summed E-state index contributed by atoms with van der Waals surface area (Å²) in [6.45, 7) is 10.1. The number of methoxy groups -OCH3 is 1. The molecule has 0 aliphatic carbocycles. The van der Waals surface area contributed by atoms with Crippen LogP contribution in [-0.2, 0) is 27.3 Å². The summed E-state index contributed by atoms with van der Waals surface area (Å²) < 4.78 is 17.7. The van der Waals surface area contributed by atoms with E-state index in [2.05, 4.69) is 59.4 Å². The van der Waals surface area contributed by atoms with E-state index in [9.17, 15) is 9.90 Å². The Bertz CT molecular complexity index is 1420. The number of carboxylic acid groups (broad SMARTS) is 1. The number of benzene rings is 2. The normalized spacial score (nSPS) is 23.5. The van der Waals surface area contributed by atoms with Gasteiger partial charge in [0, 0.05) is 63.5 Å². The number of aliphatic carboxylic acids is 1. The summed E-state index contributed by atoms with van der Waals surface area (Å²) in [6.07, 6.45) is 3.54. The van der Waals surface area contributed by atoms with Crippen LogP contribution in [0.4, 0.5) is 5.13 Å². The number of para-hydroxylation sites is 1. The second kappa shape index (κ2) is 13.3. The molecule has 8 nitrogen and oxygen atoms in total. The Morgan fingerprint density at radius 3 is 2.77 bits per heavy atom. The number of rotatable bonds is 8. The van der Waals surface area contributed by atoms with Crippen molar-refractivity contribution >= 4 is 22.4 Å². The molecule has 0 spiro atoms. The summed E-state index contributed by atoms with van der Waals surface area (Å²) in [5, 5.41) is 12.5. The highest BCUT2D eigenvalue weighted by atomic mass is 32.1. The second-order valence-corrected chi connectivity index (χ2v) is 13.1. The van der Waals surface area contributed by atoms with Crippen LogP contribution in [0.5, 0.6) is 5.75 Å². The van der Waals surface area contributed by atoms with Gasteiger partial charge in [0.1, 0.15) is 12.4 Å². The highest BCUT2D eigenvalue weighted by Gasteiger charge is 2.35. The van der Waals surface area contributed by atoms with Crippen LogP contribution in [0.3, 0.4) is 0 Å². The number of piperidine rings is 1. The van der Waals surface area contributed by atoms with Crippen LogP contribution in [0.25, 0.3) is 11.3 Å². The number of thiazole rings is 1. The molecule has 6 rings (SSSR count). The molecule has 230 valence electrons. The van der Waals surface area contributed by atoms with E-state index in [0.29, 0.717) is 38.1 Å². The van der Waals surface area contributed by atoms with Gasteiger partial charge in [0.05, 0.1) is 17.7 Å². The van der Waals surface area contributed by atoms with Crippen LogP contribution < -0.4 is 9.64 Å². The van der Waals surface area contributed by atoms with Crippen molar-refractivity contribution in [2.45, 2.75) is 64.2 Å². The van der Waals surface area contributed by atoms with Crippen LogP contribution >= 0.6 is 11.3 Å². The zero-order valence-corrected chi connectivity index (χ0v) is 26.3. The largest absolute Gasteiger partial charge is 0.488 e. The molecule has 1 aromatic heterocycles. The summed E-state index contributed by atoms with van der Waals surface area (Å²) in [5.41, 5.74) is 7.01. The Balaban J connectivity index is 1.15. The van der Waals surface area contributed by atoms with Crippen molar-refractivity contribution < 1.29 is 24.1 Å². The quantitative estimate of drug-likeness (QED) is 0.347. The lowest BCUT2D eigenvalue weighted by molar-refractivity contribution is -0.147. The zero-order valence-electron chi connectivity index (χ0n) is 25.5. The fourth-order valence-corrected chi connectivity index (χ4v) is 7.82. The number of aryl methyl sites for hydroxylation is 1. The maximum atomic E-state index is 11.6. The number of hydrogen-bond acceptors (Lipinski definition) is 8. The Morgan fingerprint density at radius 2 is 1.98 bits per heavy atom. The minimum absolute atomic E-state index is 0.356. The molecule has 4 heterocycles. The van der Waals surface area contributed by atoms with Gasteiger partial charge < -0.3 is 24.2 Å². The molecule has 0 radical (unpaired) electrons. The van der Waals surface area contributed by atoms with Gasteiger partial charge in [-0.1, -0.05) is 37.3 Å². The minimum atomic E-state index is -0.797. The van der Waals surface area contributed by atoms with E-state index in [1.807, 2.05) is 6.07 Å². The van der Waals surface area contributed by atoms with Gasteiger partial charge in [-0.2, -0.15) is 0 Å². The number of fused-ring (bicyclic) bond motifs is 1. The van der Waals surface area contributed by atoms with Crippen molar-refractivity contribution in [3.8, 4) is 17.0 Å². The Kier molecular flexibility index (Phi) is 9.33. The fraction of sp³-hybridized carbons (Fsp3) is 0.529. The lowest BCUT2D eigenvalue weighted by Crippen LogP contribution is -2.47. The Labute approximate surface area is 258 Å². The summed E-state index contributed by atoms with van der Waals surface area (Å²) in [4.78, 5) is 21.4. The van der Waals surface area contributed by atoms with Crippen LogP contribution in [0.2, 0.25) is 0 Å². The molecule has 2 aromatic carbocycles. The van der Waals surface area contributed by atoms with E-state index < -0.39 is 11.9 Å². The number of nitrogens with zero attached hydrogens (tertiary/aromatic N) is 3. The van der Waals surface area contributed by atoms with Crippen molar-refractivity contribution in [2.75, 3.05) is 51.4 Å². The van der Waals surface area contributed by atoms with E-state index >= 15 is 0 Å². The maximum absolute atomic E-state index is 11.6. The van der Waals surface area contributed by atoms with Gasteiger partial charge >= 0.3 is 5.97 Å². The molecule has 0 amide bonds. The van der Waals surface area contributed by atoms with Crippen molar-refractivity contribution in [1.29, 1.82) is 0 Å². The molecule has 0 saturated carbocycles. The predicted molar refractivity (Wildman–Crippen MR) is 169 cm³/mol. The number of carboxylic acids is 1. The minimum Gasteiger partial charge on any atom is -0.488 e. The van der Waals surface area contributed by atoms with Gasteiger partial charge in [0.15, 0.2) is 5.13 Å². The molecule has 2 saturated heterocycles. The Morgan fingerprint density at radius 1 is 1.14 bits per heavy atom. The third kappa shape index (κ3) is 6.60. The molecule has 0 unspecified atom stereocenters. The number of anilines is 1. The smallest absolute Gasteiger partial charge is 0.309 e. The van der Waals surface area contributed by atoms with Gasteiger partial charge in [0.2, 0.25) is 0 Å². The number of hydrogen-bond donors (Lipinski definition) is 1. The lowest BCUT2D eigenvalue weighted by Gasteiger charge is -2.35. The van der Waals surface area contributed by atoms with E-state index in [0.717, 1.165) is 73.3 Å². The third-order valence-corrected chi connectivity index (χ3v) is 10.3. The van der Waals surface area contributed by atoms with Crippen molar-refractivity contribution in [2.24, 2.45) is 5.92 Å². The molecular weight excluding hydrogens is 562 g/mol. The molecule has 43 heavy (non-hydrogen) atoms. The zero-order chi connectivity index (χ0) is 29.9. The van der Waals surface area contributed by atoms with E-state index in [-0.39, 0.29) is 6.10 Å². The van der Waals surface area contributed by atoms with Crippen molar-refractivity contribution in [1.82, 2.24) is 9.88 Å². The molecule has 2 fully saturated rings. The predicted octanol–water partition coefficient (Wildman–Crippen LogP) is 5.76. The van der Waals surface area contributed by atoms with Gasteiger partial charge in [-0.15, -0.1) is 11.3 Å². The highest BCUT2D eigenvalue weighted by molar-refractivity contribution is 7.14. The summed E-state index contributed by atoms with van der Waals surface area (Å²) in [7, 11) is 1.58. The molecule has 3 aliphatic rings. The standard InChI is InChI=1S/C34H43N3O5S/c1-22-5-4-6-27(30-21-43-34(35-30)37-14-10-28(33(38)39)31(19-37)40-3)32(22)42-20-24-7-8-25-9-13-36(18-23(2)29(25)17-24)26-11-15-41-16-12-26/h4-8,17,21,23,26,28,31H,9-16,18-20H2,1-3H3,(H,38,39)/t23-,28-,31+/m1/s1. The monoisotopic (exact) mass is 605 g/mol. The number of ether oxygens (including phenoxy) is 3. The third-order valence-electron chi connectivity index (χ3n) is 9.44. The fourth-order valence-electron chi connectivity index (χ4n) is 6.95. The van der Waals surface area contributed by atoms with Crippen LogP contribution in [0, 0.1) is 12.8 Å². The number of carbonyl (C=O) groups is 1. The van der Waals surface area contributed by atoms with E-state index in [1.54, 1.807) is 18.4 Å². The van der Waals surface area contributed by atoms with Gasteiger partial charge in [-0.25, -0.2) is 4.98 Å². The number of aromatic nitrogens is 1. The summed E-state index contributed by atoms with van der Waals surface area (Å²) in [6, 6.07) is 13.7. The first-order chi connectivity index (χ1) is 20.9. The molecule has 3 aromatic rings. The van der Waals surface area contributed by atoms with Gasteiger partial charge in [0.25, 0.3) is 0 Å². The van der Waals surface area contributed by atoms with E-state index in [1.165, 1.54) is 16.7 Å². The molecule has 1 N–H and O–H groups in total. The first-order valence-corrected chi connectivity index (χ1v) is 16.4. The lowest BCUT2D eigenvalue weighted by atomic mass is 9.93. The molecule has 3 atom stereocenters. The molecular formula is C34H43N3O5S. The van der Waals surface area contributed by atoms with Gasteiger partial charge in [-0.3, -0.25) is 9.69 Å². The summed E-state index contributed by atoms with van der Waals surface area (Å²) in [5.74, 6) is 0.0431. The molecule has 9 heteroatoms. The summed E-state index contributed by atoms with van der Waals surface area (Å²) >= 11 is 1.58. The first-order valence-electron chi connectivity index (χ1n) is 15.5. The topological polar surface area (TPSA) is 84.4 Å². The van der Waals surface area contributed by atoms with E-state index in [4.69, 9.17) is 19.2 Å². The van der Waals surface area contributed by atoms with Crippen LogP contribution in [0.1, 0.15) is 54.4 Å². The van der Waals surface area contributed by atoms with Crippen molar-refractivity contribution in [3.05, 3.63) is 64.0 Å². The maximum Gasteiger partial charge on any atom is 0.309 e. The van der Waals surface area contributed by atoms with Crippen LogP contribution in [-0.4, -0.2) is 79.6 Å². The second-order valence-electron chi connectivity index (χ2n) is 12.2. The molecule has 3 aliphatic heterocycles. The van der Waals surface area contributed by atoms with Crippen LogP contribution in [0.15, 0.2) is 41.8 Å².